The maximum absolute atomic E-state index is 14.6. The summed E-state index contributed by atoms with van der Waals surface area (Å²) in [4.78, 5) is 34.2. The van der Waals surface area contributed by atoms with Crippen molar-refractivity contribution in [3.8, 4) is 0 Å². The number of hydrogen-bond acceptors (Lipinski definition) is 7. The minimum atomic E-state index is -4.72. The van der Waals surface area contributed by atoms with Gasteiger partial charge in [0.15, 0.2) is 16.7 Å². The molecule has 0 aliphatic carbocycles. The smallest absolute Gasteiger partial charge is 0.340 e. The van der Waals surface area contributed by atoms with Crippen molar-refractivity contribution in [1.29, 1.82) is 0 Å². The van der Waals surface area contributed by atoms with Gasteiger partial charge in [-0.1, -0.05) is 29.8 Å². The Kier molecular flexibility index (Phi) is 8.72. The van der Waals surface area contributed by atoms with Gasteiger partial charge in [-0.3, -0.25) is 9.13 Å². The molecule has 2 aromatic heterocycles. The van der Waals surface area contributed by atoms with E-state index in [4.69, 9.17) is 30.6 Å². The van der Waals surface area contributed by atoms with Crippen molar-refractivity contribution in [2.75, 3.05) is 31.1 Å². The highest BCUT2D eigenvalue weighted by Crippen LogP contribution is 2.55. The summed E-state index contributed by atoms with van der Waals surface area (Å²) in [6.07, 6.45) is 3.41. The molecule has 0 amide bonds. The molecule has 3 heterocycles. The predicted octanol–water partition coefficient (Wildman–Crippen LogP) is 4.15. The molecule has 37 heavy (non-hydrogen) atoms. The number of methoxy groups -OCH3 is 1. The lowest BCUT2D eigenvalue weighted by molar-refractivity contribution is 0.0483. The molecule has 3 N–H and O–H groups in total. The zero-order valence-corrected chi connectivity index (χ0v) is 22.5. The molecule has 3 atom stereocenters. The number of ether oxygens (including phenoxy) is 1. The van der Waals surface area contributed by atoms with Crippen LogP contribution in [0, 0.1) is 5.82 Å². The summed E-state index contributed by atoms with van der Waals surface area (Å²) in [6.45, 7) is 0.370. The highest BCUT2D eigenvalue weighted by atomic mass is 35.5. The van der Waals surface area contributed by atoms with Gasteiger partial charge < -0.3 is 28.8 Å². The van der Waals surface area contributed by atoms with E-state index in [2.05, 4.69) is 15.0 Å². The van der Waals surface area contributed by atoms with Gasteiger partial charge in [0.1, 0.15) is 5.82 Å². The molecule has 15 heteroatoms. The molecule has 0 spiro atoms. The maximum Gasteiger partial charge on any atom is 0.340 e. The predicted molar refractivity (Wildman–Crippen MR) is 136 cm³/mol. The van der Waals surface area contributed by atoms with Crippen molar-refractivity contribution >= 4 is 38.1 Å². The molecule has 1 aromatic carbocycles. The lowest BCUT2D eigenvalue weighted by Crippen LogP contribution is -2.24. The largest absolute Gasteiger partial charge is 0.379 e. The van der Waals surface area contributed by atoms with E-state index in [9.17, 15) is 18.4 Å². The summed E-state index contributed by atoms with van der Waals surface area (Å²) >= 11 is 6.37. The monoisotopic (exact) mass is 576 g/mol. The number of nitrogens with zero attached hydrogens (tertiary/aromatic N) is 4. The third-order valence-electron chi connectivity index (χ3n) is 6.20. The van der Waals surface area contributed by atoms with Gasteiger partial charge in [-0.25, -0.2) is 13.9 Å². The van der Waals surface area contributed by atoms with Gasteiger partial charge in [-0.15, -0.1) is 0 Å². The SMILES string of the molecule is CO[C@@H](CCc1cnc2c(N3CCC[C@H]3c3ccccc3F)cc(Cl)nn12)COP(=O)(O)CP(=O)(O)O. The average molecular weight is 577 g/mol. The number of hydrogen-bond donors (Lipinski definition) is 3. The van der Waals surface area contributed by atoms with Gasteiger partial charge in [0.25, 0.3) is 0 Å². The summed E-state index contributed by atoms with van der Waals surface area (Å²) in [5, 5.41) is 4.63. The van der Waals surface area contributed by atoms with Gasteiger partial charge in [0, 0.05) is 25.3 Å². The minimum Gasteiger partial charge on any atom is -0.379 e. The van der Waals surface area contributed by atoms with Crippen LogP contribution in [0.1, 0.15) is 36.6 Å². The fourth-order valence-corrected chi connectivity index (χ4v) is 7.29. The van der Waals surface area contributed by atoms with Crippen LogP contribution in [0.15, 0.2) is 36.5 Å². The Labute approximate surface area is 217 Å². The normalized spacial score (nSPS) is 18.9. The highest BCUT2D eigenvalue weighted by Gasteiger charge is 2.32. The molecule has 1 unspecified atom stereocenters. The maximum atomic E-state index is 14.6. The average Bonchev–Trinajstić information content (AvgIpc) is 3.45. The minimum absolute atomic E-state index is 0.166. The standard InChI is InChI=1S/C22H28ClFN4O7P2/c1-34-16(13-35-37(32,33)14-36(29,30)31)9-8-15-12-25-22-20(11-21(23)26-28(15)22)27-10-4-7-19(27)17-5-2-3-6-18(17)24/h2-3,5-6,11-12,16,19H,4,7-10,13-14H2,1H3,(H,32,33)(H2,29,30,31)/t16-,19-/m0/s1. The number of rotatable bonds is 11. The second-order valence-electron chi connectivity index (χ2n) is 8.85. The number of aromatic nitrogens is 3. The van der Waals surface area contributed by atoms with Crippen LogP contribution < -0.4 is 4.90 Å². The van der Waals surface area contributed by atoms with Gasteiger partial charge >= 0.3 is 15.2 Å². The Hall–Kier alpha value is -1.88. The van der Waals surface area contributed by atoms with E-state index in [1.807, 2.05) is 6.07 Å². The van der Waals surface area contributed by atoms with E-state index < -0.39 is 27.2 Å². The van der Waals surface area contributed by atoms with Crippen LogP contribution in [0.5, 0.6) is 0 Å². The Balaban J connectivity index is 1.51. The second kappa shape index (κ2) is 11.5. The summed E-state index contributed by atoms with van der Waals surface area (Å²) in [5.41, 5.74) is 2.61. The van der Waals surface area contributed by atoms with Crippen molar-refractivity contribution in [2.45, 2.75) is 37.8 Å². The molecule has 0 radical (unpaired) electrons. The van der Waals surface area contributed by atoms with Crippen LogP contribution in [0.2, 0.25) is 5.15 Å². The molecule has 0 saturated carbocycles. The first-order valence-corrected chi connectivity index (χ1v) is 15.5. The molecule has 3 aromatic rings. The van der Waals surface area contributed by atoms with Crippen molar-refractivity contribution in [2.24, 2.45) is 0 Å². The van der Waals surface area contributed by atoms with Gasteiger partial charge in [-0.05, 0) is 31.7 Å². The Morgan fingerprint density at radius 1 is 1.27 bits per heavy atom. The van der Waals surface area contributed by atoms with E-state index in [1.54, 1.807) is 28.9 Å². The molecule has 1 aliphatic heterocycles. The highest BCUT2D eigenvalue weighted by molar-refractivity contribution is 7.70. The summed E-state index contributed by atoms with van der Waals surface area (Å²) < 4.78 is 49.4. The first-order valence-electron chi connectivity index (χ1n) is 11.6. The van der Waals surface area contributed by atoms with Crippen LogP contribution in [-0.4, -0.2) is 61.5 Å². The lowest BCUT2D eigenvalue weighted by atomic mass is 10.0. The van der Waals surface area contributed by atoms with Crippen molar-refractivity contribution < 1.29 is 37.5 Å². The third kappa shape index (κ3) is 6.96. The van der Waals surface area contributed by atoms with E-state index in [0.717, 1.165) is 18.5 Å². The van der Waals surface area contributed by atoms with E-state index >= 15 is 0 Å². The molecule has 4 rings (SSSR count). The van der Waals surface area contributed by atoms with Crippen molar-refractivity contribution in [3.63, 3.8) is 0 Å². The lowest BCUT2D eigenvalue weighted by Gasteiger charge is -2.27. The summed E-state index contributed by atoms with van der Waals surface area (Å²) in [5.74, 6) is -1.53. The summed E-state index contributed by atoms with van der Waals surface area (Å²) in [6, 6.07) is 8.27. The second-order valence-corrected chi connectivity index (χ2v) is 13.2. The Morgan fingerprint density at radius 3 is 2.73 bits per heavy atom. The first-order chi connectivity index (χ1) is 17.5. The van der Waals surface area contributed by atoms with Crippen molar-refractivity contribution in [1.82, 2.24) is 14.6 Å². The number of imidazole rings is 1. The number of anilines is 1. The van der Waals surface area contributed by atoms with Gasteiger partial charge in [0.2, 0.25) is 0 Å². The Morgan fingerprint density at radius 2 is 2.03 bits per heavy atom. The zero-order valence-electron chi connectivity index (χ0n) is 20.0. The molecule has 1 fully saturated rings. The van der Waals surface area contributed by atoms with E-state index in [0.29, 0.717) is 36.3 Å². The van der Waals surface area contributed by atoms with Crippen molar-refractivity contribution in [3.05, 3.63) is 58.8 Å². The Bertz CT molecular complexity index is 1350. The van der Waals surface area contributed by atoms with E-state index in [-0.39, 0.29) is 23.6 Å². The zero-order chi connectivity index (χ0) is 26.8. The van der Waals surface area contributed by atoms with Gasteiger partial charge in [0.05, 0.1) is 36.3 Å². The van der Waals surface area contributed by atoms with Crippen LogP contribution in [0.4, 0.5) is 10.1 Å². The fraction of sp³-hybridized carbons (Fsp3) is 0.455. The molecular formula is C22H28ClFN4O7P2. The molecule has 0 bridgehead atoms. The molecule has 202 valence electrons. The molecule has 1 saturated heterocycles. The third-order valence-corrected chi connectivity index (χ3v) is 9.84. The number of halogens is 2. The molecule has 11 nitrogen and oxygen atoms in total. The van der Waals surface area contributed by atoms with Crippen LogP contribution in [0.3, 0.4) is 0 Å². The quantitative estimate of drug-likeness (QED) is 0.284. The molecule has 1 aliphatic rings. The summed E-state index contributed by atoms with van der Waals surface area (Å²) in [7, 11) is -7.81. The number of fused-ring (bicyclic) bond motifs is 1. The van der Waals surface area contributed by atoms with E-state index in [1.165, 1.54) is 13.2 Å². The van der Waals surface area contributed by atoms with Crippen LogP contribution in [-0.2, 0) is 24.8 Å². The van der Waals surface area contributed by atoms with Gasteiger partial charge in [-0.2, -0.15) is 5.10 Å². The number of benzene rings is 1. The molecular weight excluding hydrogens is 549 g/mol. The van der Waals surface area contributed by atoms with Crippen LogP contribution in [0.25, 0.3) is 5.65 Å². The topological polar surface area (TPSA) is 147 Å². The fourth-order valence-electron chi connectivity index (χ4n) is 4.53. The first kappa shape index (κ1) is 28.1. The number of aryl methyl sites for hydroxylation is 1. The van der Waals surface area contributed by atoms with Crippen LogP contribution >= 0.6 is 26.8 Å².